The molecule has 0 aliphatic carbocycles. The Kier molecular flexibility index (Phi) is 8.70. The predicted molar refractivity (Wildman–Crippen MR) is 146 cm³/mol. The van der Waals surface area contributed by atoms with Crippen molar-refractivity contribution in [1.82, 2.24) is 9.21 Å². The van der Waals surface area contributed by atoms with Crippen LogP contribution in [0.3, 0.4) is 0 Å². The molecule has 4 rings (SSSR count). The van der Waals surface area contributed by atoms with Gasteiger partial charge >= 0.3 is 5.97 Å². The van der Waals surface area contributed by atoms with Crippen LogP contribution in [0, 0.1) is 11.7 Å². The second-order valence-electron chi connectivity index (χ2n) is 10.1. The van der Waals surface area contributed by atoms with Crippen molar-refractivity contribution in [3.8, 4) is 16.9 Å². The van der Waals surface area contributed by atoms with Gasteiger partial charge in [-0.2, -0.15) is 4.31 Å². The normalized spacial score (nSPS) is 19.9. The van der Waals surface area contributed by atoms with Crippen LogP contribution in [0.5, 0.6) is 5.75 Å². The molecule has 0 amide bonds. The number of aromatic carboxylic acids is 1. The zero-order valence-electron chi connectivity index (χ0n) is 22.1. The number of aliphatic hydroxyl groups is 1. The monoisotopic (exact) mass is 556 g/mol. The molecule has 0 spiro atoms. The van der Waals surface area contributed by atoms with E-state index in [-0.39, 0.29) is 41.1 Å². The van der Waals surface area contributed by atoms with Crippen molar-refractivity contribution in [1.29, 1.82) is 0 Å². The van der Waals surface area contributed by atoms with Crippen LogP contribution >= 0.6 is 0 Å². The van der Waals surface area contributed by atoms with E-state index in [0.717, 1.165) is 0 Å². The van der Waals surface area contributed by atoms with Gasteiger partial charge in [0, 0.05) is 31.6 Å². The fourth-order valence-corrected chi connectivity index (χ4v) is 6.62. The fourth-order valence-electron chi connectivity index (χ4n) is 4.79. The second-order valence-corrected chi connectivity index (χ2v) is 11.9. The van der Waals surface area contributed by atoms with E-state index in [0.29, 0.717) is 29.8 Å². The zero-order chi connectivity index (χ0) is 28.3. The van der Waals surface area contributed by atoms with E-state index in [1.807, 2.05) is 18.9 Å². The average Bonchev–Trinajstić information content (AvgIpc) is 2.90. The maximum Gasteiger partial charge on any atom is 0.336 e. The van der Waals surface area contributed by atoms with Crippen molar-refractivity contribution < 1.29 is 32.6 Å². The number of aliphatic hydroxyl groups excluding tert-OH is 1. The SMILES string of the molecule is C[C@@H]1CN([C@@H](C)CO)S(=O)(=O)c2ccc(-c3ccc(F)cc3)cc2O[C@H]1CN(C)Cc1ccccc1C(=O)O. The van der Waals surface area contributed by atoms with Crippen molar-refractivity contribution in [3.63, 3.8) is 0 Å². The standard InChI is InChI=1S/C29H33FN2O6S/c1-19-15-32(20(2)18-33)39(36,37)28-13-10-22(21-8-11-24(30)12-9-21)14-26(28)38-27(19)17-31(3)16-23-6-4-5-7-25(23)29(34)35/h4-14,19-20,27,33H,15-18H2,1-3H3,(H,34,35)/t19-,20+,27+/m1/s1. The molecule has 39 heavy (non-hydrogen) atoms. The molecule has 208 valence electrons. The molecule has 0 fully saturated rings. The number of ether oxygens (including phenoxy) is 1. The number of likely N-dealkylation sites (N-methyl/N-ethyl adjacent to an activating group) is 1. The largest absolute Gasteiger partial charge is 0.487 e. The highest BCUT2D eigenvalue weighted by Crippen LogP contribution is 2.36. The number of nitrogens with zero attached hydrogens (tertiary/aromatic N) is 2. The third kappa shape index (κ3) is 6.30. The zero-order valence-corrected chi connectivity index (χ0v) is 22.9. The van der Waals surface area contributed by atoms with Gasteiger partial charge in [-0.1, -0.05) is 43.3 Å². The van der Waals surface area contributed by atoms with Crippen LogP contribution in [0.15, 0.2) is 71.6 Å². The summed E-state index contributed by atoms with van der Waals surface area (Å²) in [5.74, 6) is -1.48. The van der Waals surface area contributed by atoms with E-state index in [9.17, 15) is 27.8 Å². The number of carboxylic acid groups (broad SMARTS) is 1. The first kappa shape index (κ1) is 28.7. The Hall–Kier alpha value is -3.31. The lowest BCUT2D eigenvalue weighted by atomic mass is 10.0. The molecule has 3 aromatic rings. The number of halogens is 1. The Balaban J connectivity index is 1.71. The summed E-state index contributed by atoms with van der Waals surface area (Å²) in [4.78, 5) is 13.6. The smallest absolute Gasteiger partial charge is 0.336 e. The van der Waals surface area contributed by atoms with Crippen LogP contribution < -0.4 is 4.74 Å². The molecule has 0 aromatic heterocycles. The molecule has 0 bridgehead atoms. The van der Waals surface area contributed by atoms with Gasteiger partial charge in [-0.3, -0.25) is 4.90 Å². The van der Waals surface area contributed by atoms with Crippen molar-refractivity contribution in [2.24, 2.45) is 5.92 Å². The highest BCUT2D eigenvalue weighted by atomic mass is 32.2. The average molecular weight is 557 g/mol. The quantitative estimate of drug-likeness (QED) is 0.430. The first-order chi connectivity index (χ1) is 18.5. The highest BCUT2D eigenvalue weighted by Gasteiger charge is 2.38. The topological polar surface area (TPSA) is 107 Å². The van der Waals surface area contributed by atoms with E-state index >= 15 is 0 Å². The van der Waals surface area contributed by atoms with Crippen molar-refractivity contribution >= 4 is 16.0 Å². The lowest BCUT2D eigenvalue weighted by Crippen LogP contribution is -2.49. The Labute approximate surface area is 228 Å². The van der Waals surface area contributed by atoms with Crippen LogP contribution in [0.1, 0.15) is 29.8 Å². The maximum atomic E-state index is 13.7. The number of hydrogen-bond acceptors (Lipinski definition) is 6. The molecular weight excluding hydrogens is 523 g/mol. The number of hydrogen-bond donors (Lipinski definition) is 2. The van der Waals surface area contributed by atoms with E-state index < -0.39 is 28.1 Å². The number of carbonyl (C=O) groups is 1. The van der Waals surface area contributed by atoms with Crippen LogP contribution in [-0.4, -0.2) is 72.7 Å². The summed E-state index contributed by atoms with van der Waals surface area (Å²) >= 11 is 0. The van der Waals surface area contributed by atoms with Gasteiger partial charge in [0.2, 0.25) is 10.0 Å². The minimum atomic E-state index is -4.00. The number of benzene rings is 3. The van der Waals surface area contributed by atoms with Crippen molar-refractivity contribution in [2.75, 3.05) is 26.7 Å². The number of carboxylic acids is 1. The molecule has 0 radical (unpaired) electrons. The molecule has 0 unspecified atom stereocenters. The van der Waals surface area contributed by atoms with E-state index in [1.165, 1.54) is 22.5 Å². The van der Waals surface area contributed by atoms with Crippen LogP contribution in [0.2, 0.25) is 0 Å². The molecule has 2 N–H and O–H groups in total. The van der Waals surface area contributed by atoms with Gasteiger partial charge < -0.3 is 14.9 Å². The predicted octanol–water partition coefficient (Wildman–Crippen LogP) is 4.09. The summed E-state index contributed by atoms with van der Waals surface area (Å²) in [5.41, 5.74) is 2.25. The van der Waals surface area contributed by atoms with Crippen LogP contribution in [0.4, 0.5) is 4.39 Å². The van der Waals surface area contributed by atoms with Gasteiger partial charge in [0.1, 0.15) is 22.6 Å². The summed E-state index contributed by atoms with van der Waals surface area (Å²) in [6, 6.07) is 16.8. The van der Waals surface area contributed by atoms with Gasteiger partial charge in [-0.15, -0.1) is 0 Å². The number of sulfonamides is 1. The molecule has 1 heterocycles. The Morgan fingerprint density at radius 1 is 1.13 bits per heavy atom. The molecule has 3 atom stereocenters. The molecular formula is C29H33FN2O6S. The first-order valence-electron chi connectivity index (χ1n) is 12.7. The van der Waals surface area contributed by atoms with Crippen molar-refractivity contribution in [3.05, 3.63) is 83.7 Å². The summed E-state index contributed by atoms with van der Waals surface area (Å²) in [6.45, 7) is 4.08. The lowest BCUT2D eigenvalue weighted by molar-refractivity contribution is 0.0686. The number of fused-ring (bicyclic) bond motifs is 1. The summed E-state index contributed by atoms with van der Waals surface area (Å²) in [7, 11) is -2.14. The fraction of sp³-hybridized carbons (Fsp3) is 0.345. The summed E-state index contributed by atoms with van der Waals surface area (Å²) < 4.78 is 48.6. The third-order valence-electron chi connectivity index (χ3n) is 7.02. The van der Waals surface area contributed by atoms with Gasteiger partial charge in [0.15, 0.2) is 0 Å². The Bertz CT molecular complexity index is 1430. The minimum Gasteiger partial charge on any atom is -0.487 e. The lowest BCUT2D eigenvalue weighted by Gasteiger charge is -2.37. The molecule has 0 saturated carbocycles. The van der Waals surface area contributed by atoms with Crippen molar-refractivity contribution in [2.45, 2.75) is 37.4 Å². The third-order valence-corrected chi connectivity index (χ3v) is 9.04. The molecule has 3 aromatic carbocycles. The van der Waals surface area contributed by atoms with Crippen LogP contribution in [-0.2, 0) is 16.6 Å². The summed E-state index contributed by atoms with van der Waals surface area (Å²) in [6.07, 6.45) is -0.460. The first-order valence-corrected chi connectivity index (χ1v) is 14.1. The summed E-state index contributed by atoms with van der Waals surface area (Å²) in [5, 5.41) is 19.4. The molecule has 1 aliphatic heterocycles. The van der Waals surface area contributed by atoms with Gasteiger partial charge in [-0.05, 0) is 61.0 Å². The molecule has 8 nitrogen and oxygen atoms in total. The second kappa shape index (κ2) is 11.8. The van der Waals surface area contributed by atoms with Crippen LogP contribution in [0.25, 0.3) is 11.1 Å². The van der Waals surface area contributed by atoms with E-state index in [4.69, 9.17) is 4.74 Å². The Morgan fingerprint density at radius 2 is 1.79 bits per heavy atom. The minimum absolute atomic E-state index is 0.00978. The maximum absolute atomic E-state index is 13.7. The van der Waals surface area contributed by atoms with Gasteiger partial charge in [0.25, 0.3) is 0 Å². The Morgan fingerprint density at radius 3 is 2.46 bits per heavy atom. The van der Waals surface area contributed by atoms with Gasteiger partial charge in [0.05, 0.1) is 12.2 Å². The molecule has 1 aliphatic rings. The molecule has 0 saturated heterocycles. The van der Waals surface area contributed by atoms with E-state index in [2.05, 4.69) is 0 Å². The van der Waals surface area contributed by atoms with E-state index in [1.54, 1.807) is 55.5 Å². The molecule has 10 heteroatoms. The highest BCUT2D eigenvalue weighted by molar-refractivity contribution is 7.89. The number of rotatable bonds is 8. The van der Waals surface area contributed by atoms with Gasteiger partial charge in [-0.25, -0.2) is 17.6 Å².